The highest BCUT2D eigenvalue weighted by Crippen LogP contribution is 2.31. The van der Waals surface area contributed by atoms with Crippen LogP contribution in [0.3, 0.4) is 0 Å². The summed E-state index contributed by atoms with van der Waals surface area (Å²) in [6.07, 6.45) is 5.92. The van der Waals surface area contributed by atoms with Crippen molar-refractivity contribution >= 4 is 11.8 Å². The van der Waals surface area contributed by atoms with Crippen LogP contribution in [0, 0.1) is 0 Å². The summed E-state index contributed by atoms with van der Waals surface area (Å²) in [4.78, 5) is 4.42. The van der Waals surface area contributed by atoms with E-state index in [0.29, 0.717) is 12.1 Å². The first-order chi connectivity index (χ1) is 8.31. The number of nitrogens with one attached hydrogen (secondary N) is 1. The number of rotatable bonds is 5. The van der Waals surface area contributed by atoms with Gasteiger partial charge in [-0.15, -0.1) is 0 Å². The van der Waals surface area contributed by atoms with Crippen molar-refractivity contribution in [3.63, 3.8) is 0 Å². The molecule has 2 nitrogen and oxygen atoms in total. The van der Waals surface area contributed by atoms with E-state index in [4.69, 9.17) is 0 Å². The Morgan fingerprint density at radius 1 is 1.47 bits per heavy atom. The van der Waals surface area contributed by atoms with Gasteiger partial charge in [0.15, 0.2) is 0 Å². The van der Waals surface area contributed by atoms with Crippen LogP contribution in [-0.2, 0) is 0 Å². The van der Waals surface area contributed by atoms with Crippen molar-refractivity contribution in [2.45, 2.75) is 50.4 Å². The van der Waals surface area contributed by atoms with Crippen LogP contribution in [0.1, 0.15) is 44.8 Å². The average Bonchev–Trinajstić information content (AvgIpc) is 2.78. The SMILES string of the molecule is CCSC1CCCC1NC(C)c1ccccn1. The van der Waals surface area contributed by atoms with Crippen molar-refractivity contribution in [3.05, 3.63) is 30.1 Å². The fourth-order valence-corrected chi connectivity index (χ4v) is 3.78. The summed E-state index contributed by atoms with van der Waals surface area (Å²) in [6.45, 7) is 4.47. The second-order valence-electron chi connectivity index (χ2n) is 4.67. The molecule has 3 unspecified atom stereocenters. The quantitative estimate of drug-likeness (QED) is 0.867. The Kier molecular flexibility index (Phi) is 4.86. The maximum Gasteiger partial charge on any atom is 0.0570 e. The van der Waals surface area contributed by atoms with E-state index in [0.717, 1.165) is 10.9 Å². The van der Waals surface area contributed by atoms with Gasteiger partial charge in [0.25, 0.3) is 0 Å². The summed E-state index contributed by atoms with van der Waals surface area (Å²) in [5, 5.41) is 4.54. The molecule has 1 aromatic heterocycles. The number of hydrogen-bond donors (Lipinski definition) is 1. The van der Waals surface area contributed by atoms with Crippen LogP contribution in [-0.4, -0.2) is 22.0 Å². The lowest BCUT2D eigenvalue weighted by Gasteiger charge is -2.24. The zero-order valence-corrected chi connectivity index (χ0v) is 11.5. The molecule has 0 aromatic carbocycles. The molecule has 1 N–H and O–H groups in total. The highest BCUT2D eigenvalue weighted by atomic mass is 32.2. The van der Waals surface area contributed by atoms with Gasteiger partial charge < -0.3 is 5.32 Å². The zero-order chi connectivity index (χ0) is 12.1. The maximum atomic E-state index is 4.42. The largest absolute Gasteiger partial charge is 0.305 e. The van der Waals surface area contributed by atoms with E-state index >= 15 is 0 Å². The minimum absolute atomic E-state index is 0.360. The molecule has 1 aliphatic carbocycles. The Morgan fingerprint density at radius 3 is 3.06 bits per heavy atom. The van der Waals surface area contributed by atoms with Gasteiger partial charge in [0.2, 0.25) is 0 Å². The Hall–Kier alpha value is -0.540. The summed E-state index contributed by atoms with van der Waals surface area (Å²) in [5.41, 5.74) is 1.15. The molecule has 1 aliphatic rings. The summed E-state index contributed by atoms with van der Waals surface area (Å²) >= 11 is 2.10. The molecule has 1 fully saturated rings. The van der Waals surface area contributed by atoms with Crippen molar-refractivity contribution < 1.29 is 0 Å². The van der Waals surface area contributed by atoms with Crippen molar-refractivity contribution in [1.29, 1.82) is 0 Å². The predicted octanol–water partition coefficient (Wildman–Crippen LogP) is 3.41. The molecule has 1 saturated carbocycles. The molecule has 3 heteroatoms. The van der Waals surface area contributed by atoms with E-state index in [2.05, 4.69) is 48.0 Å². The Morgan fingerprint density at radius 2 is 2.35 bits per heavy atom. The number of aromatic nitrogens is 1. The monoisotopic (exact) mass is 250 g/mol. The van der Waals surface area contributed by atoms with Gasteiger partial charge in [-0.1, -0.05) is 19.4 Å². The van der Waals surface area contributed by atoms with Gasteiger partial charge in [-0.05, 0) is 37.7 Å². The number of pyridine rings is 1. The molecule has 0 saturated heterocycles. The van der Waals surface area contributed by atoms with E-state index in [9.17, 15) is 0 Å². The van der Waals surface area contributed by atoms with Gasteiger partial charge >= 0.3 is 0 Å². The first-order valence-corrected chi connectivity index (χ1v) is 7.64. The molecule has 0 amide bonds. The van der Waals surface area contributed by atoms with Crippen LogP contribution >= 0.6 is 11.8 Å². The lowest BCUT2D eigenvalue weighted by molar-refractivity contribution is 0.460. The number of hydrogen-bond acceptors (Lipinski definition) is 3. The maximum absolute atomic E-state index is 4.42. The van der Waals surface area contributed by atoms with Gasteiger partial charge in [-0.3, -0.25) is 4.98 Å². The molecule has 0 bridgehead atoms. The average molecular weight is 250 g/mol. The third-order valence-electron chi connectivity index (χ3n) is 3.43. The van der Waals surface area contributed by atoms with Crippen molar-refractivity contribution in [3.8, 4) is 0 Å². The van der Waals surface area contributed by atoms with Crippen molar-refractivity contribution in [2.75, 3.05) is 5.75 Å². The second-order valence-corrected chi connectivity index (χ2v) is 6.19. The van der Waals surface area contributed by atoms with E-state index in [-0.39, 0.29) is 0 Å². The van der Waals surface area contributed by atoms with Gasteiger partial charge in [0.05, 0.1) is 5.69 Å². The summed E-state index contributed by atoms with van der Waals surface area (Å²) in [5.74, 6) is 1.22. The fraction of sp³-hybridized carbons (Fsp3) is 0.643. The van der Waals surface area contributed by atoms with Crippen LogP contribution in [0.4, 0.5) is 0 Å². The second kappa shape index (κ2) is 6.41. The summed E-state index contributed by atoms with van der Waals surface area (Å²) in [7, 11) is 0. The van der Waals surface area contributed by atoms with Gasteiger partial charge in [0.1, 0.15) is 0 Å². The molecule has 0 aliphatic heterocycles. The van der Waals surface area contributed by atoms with Gasteiger partial charge in [-0.2, -0.15) is 11.8 Å². The number of nitrogens with zero attached hydrogens (tertiary/aromatic N) is 1. The van der Waals surface area contributed by atoms with Crippen LogP contribution in [0.2, 0.25) is 0 Å². The fourth-order valence-electron chi connectivity index (χ4n) is 2.57. The van der Waals surface area contributed by atoms with Crippen LogP contribution in [0.15, 0.2) is 24.4 Å². The lowest BCUT2D eigenvalue weighted by atomic mass is 10.1. The Labute approximate surface area is 109 Å². The van der Waals surface area contributed by atoms with E-state index in [1.807, 2.05) is 12.3 Å². The van der Waals surface area contributed by atoms with Crippen LogP contribution in [0.5, 0.6) is 0 Å². The molecule has 17 heavy (non-hydrogen) atoms. The van der Waals surface area contributed by atoms with Crippen molar-refractivity contribution in [2.24, 2.45) is 0 Å². The molecular formula is C14H22N2S. The molecule has 0 radical (unpaired) electrons. The molecule has 2 rings (SSSR count). The molecule has 1 aromatic rings. The standard InChI is InChI=1S/C14H22N2S/c1-3-17-14-9-6-8-13(14)16-11(2)12-7-4-5-10-15-12/h4-5,7,10-11,13-14,16H,3,6,8-9H2,1-2H3. The molecule has 0 spiro atoms. The summed E-state index contributed by atoms with van der Waals surface area (Å²) in [6, 6.07) is 7.17. The first kappa shape index (κ1) is 12.9. The molecule has 1 heterocycles. The zero-order valence-electron chi connectivity index (χ0n) is 10.7. The Bertz CT molecular complexity index is 328. The molecular weight excluding hydrogens is 228 g/mol. The van der Waals surface area contributed by atoms with Crippen LogP contribution < -0.4 is 5.32 Å². The third-order valence-corrected chi connectivity index (χ3v) is 4.75. The minimum atomic E-state index is 0.360. The smallest absolute Gasteiger partial charge is 0.0570 e. The predicted molar refractivity (Wildman–Crippen MR) is 75.3 cm³/mol. The van der Waals surface area contributed by atoms with E-state index in [1.54, 1.807) is 0 Å². The topological polar surface area (TPSA) is 24.9 Å². The van der Waals surface area contributed by atoms with Crippen LogP contribution in [0.25, 0.3) is 0 Å². The highest BCUT2D eigenvalue weighted by molar-refractivity contribution is 7.99. The highest BCUT2D eigenvalue weighted by Gasteiger charge is 2.28. The number of thioether (sulfide) groups is 1. The first-order valence-electron chi connectivity index (χ1n) is 6.60. The Balaban J connectivity index is 1.92. The lowest BCUT2D eigenvalue weighted by Crippen LogP contribution is -2.36. The van der Waals surface area contributed by atoms with Crippen molar-refractivity contribution in [1.82, 2.24) is 10.3 Å². The minimum Gasteiger partial charge on any atom is -0.305 e. The van der Waals surface area contributed by atoms with E-state index < -0.39 is 0 Å². The molecule has 3 atom stereocenters. The van der Waals surface area contributed by atoms with Gasteiger partial charge in [-0.25, -0.2) is 0 Å². The van der Waals surface area contributed by atoms with E-state index in [1.165, 1.54) is 25.0 Å². The normalized spacial score (nSPS) is 26.0. The summed E-state index contributed by atoms with van der Waals surface area (Å²) < 4.78 is 0. The van der Waals surface area contributed by atoms with Gasteiger partial charge in [0, 0.05) is 23.5 Å². The molecule has 94 valence electrons. The third kappa shape index (κ3) is 3.46.